The van der Waals surface area contributed by atoms with Gasteiger partial charge in [-0.3, -0.25) is 9.78 Å². The van der Waals surface area contributed by atoms with Crippen molar-refractivity contribution in [2.45, 2.75) is 32.6 Å². The van der Waals surface area contributed by atoms with Gasteiger partial charge in [0.1, 0.15) is 0 Å². The highest BCUT2D eigenvalue weighted by Gasteiger charge is 2.24. The van der Waals surface area contributed by atoms with Crippen molar-refractivity contribution in [2.75, 3.05) is 13.1 Å². The van der Waals surface area contributed by atoms with Crippen LogP contribution in [0.15, 0.2) is 36.5 Å². The van der Waals surface area contributed by atoms with Crippen LogP contribution < -0.4 is 5.32 Å². The van der Waals surface area contributed by atoms with E-state index in [0.29, 0.717) is 12.3 Å². The molecule has 1 aliphatic rings. The molecule has 116 valence electrons. The maximum absolute atomic E-state index is 12.7. The Balaban J connectivity index is 1.71. The van der Waals surface area contributed by atoms with Crippen LogP contribution in [0.2, 0.25) is 0 Å². The van der Waals surface area contributed by atoms with Crippen molar-refractivity contribution in [3.05, 3.63) is 42.1 Å². The molecular weight excluding hydrogens is 272 g/mol. The smallest absolute Gasteiger partial charge is 0.163 e. The number of piperidine rings is 1. The molecule has 3 heteroatoms. The molecule has 1 N–H and O–H groups in total. The molecule has 3 rings (SSSR count). The zero-order valence-corrected chi connectivity index (χ0v) is 13.2. The predicted molar refractivity (Wildman–Crippen MR) is 90.1 cm³/mol. The number of pyridine rings is 1. The standard InChI is InChI=1S/C19H24N2O/c1-2-14-13-20-11-9-15(14)7-8-19(22)17-10-12-21-18-6-4-3-5-16(17)18/h3-6,10,12,14-15,20H,2,7-9,11,13H2,1H3. The van der Waals surface area contributed by atoms with E-state index >= 15 is 0 Å². The SMILES string of the molecule is CCC1CNCCC1CCC(=O)c1ccnc2ccccc12. The van der Waals surface area contributed by atoms with E-state index in [2.05, 4.69) is 17.2 Å². The molecule has 0 saturated carbocycles. The number of rotatable bonds is 5. The Bertz CT molecular complexity index is 647. The zero-order valence-electron chi connectivity index (χ0n) is 13.2. The van der Waals surface area contributed by atoms with E-state index in [-0.39, 0.29) is 5.78 Å². The molecule has 2 aromatic rings. The summed E-state index contributed by atoms with van der Waals surface area (Å²) in [5.41, 5.74) is 1.73. The first-order valence-electron chi connectivity index (χ1n) is 8.37. The number of hydrogen-bond acceptors (Lipinski definition) is 3. The van der Waals surface area contributed by atoms with Gasteiger partial charge in [-0.1, -0.05) is 31.5 Å². The number of nitrogens with zero attached hydrogens (tertiary/aromatic N) is 1. The summed E-state index contributed by atoms with van der Waals surface area (Å²) in [7, 11) is 0. The Morgan fingerprint density at radius 3 is 3.00 bits per heavy atom. The van der Waals surface area contributed by atoms with Crippen LogP contribution in [-0.4, -0.2) is 23.9 Å². The van der Waals surface area contributed by atoms with Gasteiger partial charge in [0.2, 0.25) is 0 Å². The minimum absolute atomic E-state index is 0.256. The van der Waals surface area contributed by atoms with E-state index in [0.717, 1.165) is 41.9 Å². The number of carbonyl (C=O) groups is 1. The zero-order chi connectivity index (χ0) is 15.4. The molecule has 2 heterocycles. The largest absolute Gasteiger partial charge is 0.316 e. The summed E-state index contributed by atoms with van der Waals surface area (Å²) in [5, 5.41) is 4.45. The maximum Gasteiger partial charge on any atom is 0.163 e. The molecule has 1 aliphatic heterocycles. The molecule has 0 amide bonds. The highest BCUT2D eigenvalue weighted by Crippen LogP contribution is 2.28. The first kappa shape index (κ1) is 15.2. The molecule has 0 bridgehead atoms. The molecule has 1 fully saturated rings. The number of fused-ring (bicyclic) bond motifs is 1. The second-order valence-electron chi connectivity index (χ2n) is 6.26. The summed E-state index contributed by atoms with van der Waals surface area (Å²) in [5.74, 6) is 1.66. The van der Waals surface area contributed by atoms with E-state index in [4.69, 9.17) is 0 Å². The normalized spacial score (nSPS) is 21.9. The van der Waals surface area contributed by atoms with Crippen LogP contribution in [0.4, 0.5) is 0 Å². The van der Waals surface area contributed by atoms with Gasteiger partial charge in [0.15, 0.2) is 5.78 Å². The van der Waals surface area contributed by atoms with Crippen molar-refractivity contribution in [3.8, 4) is 0 Å². The minimum Gasteiger partial charge on any atom is -0.316 e. The average molecular weight is 296 g/mol. The fourth-order valence-electron chi connectivity index (χ4n) is 3.63. The van der Waals surface area contributed by atoms with Crippen molar-refractivity contribution >= 4 is 16.7 Å². The fourth-order valence-corrected chi connectivity index (χ4v) is 3.63. The Hall–Kier alpha value is -1.74. The maximum atomic E-state index is 12.7. The highest BCUT2D eigenvalue weighted by molar-refractivity contribution is 6.07. The van der Waals surface area contributed by atoms with Gasteiger partial charge >= 0.3 is 0 Å². The van der Waals surface area contributed by atoms with Crippen LogP contribution in [0, 0.1) is 11.8 Å². The van der Waals surface area contributed by atoms with E-state index in [1.54, 1.807) is 6.20 Å². The summed E-state index contributed by atoms with van der Waals surface area (Å²) >= 11 is 0. The monoisotopic (exact) mass is 296 g/mol. The Morgan fingerprint density at radius 1 is 1.27 bits per heavy atom. The lowest BCUT2D eigenvalue weighted by molar-refractivity contribution is 0.0963. The first-order chi connectivity index (χ1) is 10.8. The molecule has 1 saturated heterocycles. The van der Waals surface area contributed by atoms with E-state index in [1.807, 2.05) is 30.3 Å². The molecule has 0 aliphatic carbocycles. The Morgan fingerprint density at radius 2 is 2.14 bits per heavy atom. The highest BCUT2D eigenvalue weighted by atomic mass is 16.1. The van der Waals surface area contributed by atoms with Crippen LogP contribution in [0.5, 0.6) is 0 Å². The number of ketones is 1. The van der Waals surface area contributed by atoms with Crippen molar-refractivity contribution in [1.82, 2.24) is 10.3 Å². The molecular formula is C19H24N2O. The van der Waals surface area contributed by atoms with Crippen LogP contribution in [0.1, 0.15) is 43.0 Å². The van der Waals surface area contributed by atoms with Crippen molar-refractivity contribution in [1.29, 1.82) is 0 Å². The van der Waals surface area contributed by atoms with Crippen LogP contribution >= 0.6 is 0 Å². The third kappa shape index (κ3) is 3.20. The molecule has 0 radical (unpaired) electrons. The molecule has 1 aromatic heterocycles. The number of benzene rings is 1. The van der Waals surface area contributed by atoms with E-state index < -0.39 is 0 Å². The molecule has 0 spiro atoms. The summed E-state index contributed by atoms with van der Waals surface area (Å²) < 4.78 is 0. The number of hydrogen-bond donors (Lipinski definition) is 1. The van der Waals surface area contributed by atoms with Gasteiger partial charge in [0.05, 0.1) is 5.52 Å². The van der Waals surface area contributed by atoms with Gasteiger partial charge in [-0.05, 0) is 49.9 Å². The quantitative estimate of drug-likeness (QED) is 0.853. The molecule has 2 atom stereocenters. The van der Waals surface area contributed by atoms with E-state index in [9.17, 15) is 4.79 Å². The second-order valence-corrected chi connectivity index (χ2v) is 6.26. The number of aromatic nitrogens is 1. The van der Waals surface area contributed by atoms with Crippen LogP contribution in [0.25, 0.3) is 10.9 Å². The fraction of sp³-hybridized carbons (Fsp3) is 0.474. The topological polar surface area (TPSA) is 42.0 Å². The Kier molecular flexibility index (Phi) is 4.84. The Labute approximate surface area is 132 Å². The third-order valence-electron chi connectivity index (χ3n) is 4.98. The minimum atomic E-state index is 0.256. The lowest BCUT2D eigenvalue weighted by atomic mass is 9.81. The number of carbonyl (C=O) groups excluding carboxylic acids is 1. The average Bonchev–Trinajstić information content (AvgIpc) is 2.59. The second kappa shape index (κ2) is 7.01. The van der Waals surface area contributed by atoms with Gasteiger partial charge in [-0.15, -0.1) is 0 Å². The number of para-hydroxylation sites is 1. The van der Waals surface area contributed by atoms with Gasteiger partial charge in [-0.2, -0.15) is 0 Å². The number of Topliss-reactive ketones (excluding diaryl/α,β-unsaturated/α-hetero) is 1. The lowest BCUT2D eigenvalue weighted by Crippen LogP contribution is -2.36. The number of nitrogens with one attached hydrogen (secondary N) is 1. The predicted octanol–water partition coefficient (Wildman–Crippen LogP) is 3.83. The third-order valence-corrected chi connectivity index (χ3v) is 4.98. The van der Waals surface area contributed by atoms with Gasteiger partial charge < -0.3 is 5.32 Å². The van der Waals surface area contributed by atoms with Gasteiger partial charge in [0.25, 0.3) is 0 Å². The summed E-state index contributed by atoms with van der Waals surface area (Å²) in [6.07, 6.45) is 5.80. The van der Waals surface area contributed by atoms with Crippen molar-refractivity contribution in [2.24, 2.45) is 11.8 Å². The van der Waals surface area contributed by atoms with Crippen LogP contribution in [-0.2, 0) is 0 Å². The lowest BCUT2D eigenvalue weighted by Gasteiger charge is -2.31. The molecule has 2 unspecified atom stereocenters. The molecule has 22 heavy (non-hydrogen) atoms. The van der Waals surface area contributed by atoms with E-state index in [1.165, 1.54) is 12.8 Å². The summed E-state index contributed by atoms with van der Waals surface area (Å²) in [4.78, 5) is 17.0. The van der Waals surface area contributed by atoms with Crippen molar-refractivity contribution < 1.29 is 4.79 Å². The van der Waals surface area contributed by atoms with Gasteiger partial charge in [0, 0.05) is 23.6 Å². The van der Waals surface area contributed by atoms with Crippen molar-refractivity contribution in [3.63, 3.8) is 0 Å². The molecule has 3 nitrogen and oxygen atoms in total. The molecule has 1 aromatic carbocycles. The first-order valence-corrected chi connectivity index (χ1v) is 8.37. The summed E-state index contributed by atoms with van der Waals surface area (Å²) in [6.45, 7) is 4.45. The van der Waals surface area contributed by atoms with Crippen LogP contribution in [0.3, 0.4) is 0 Å². The summed E-state index contributed by atoms with van der Waals surface area (Å²) in [6, 6.07) is 9.76. The van der Waals surface area contributed by atoms with Gasteiger partial charge in [-0.25, -0.2) is 0 Å².